The Labute approximate surface area is 170 Å². The van der Waals surface area contributed by atoms with Crippen molar-refractivity contribution in [1.29, 1.82) is 0 Å². The fourth-order valence-electron chi connectivity index (χ4n) is 3.41. The lowest BCUT2D eigenvalue weighted by Crippen LogP contribution is -2.27. The van der Waals surface area contributed by atoms with Crippen LogP contribution in [0.3, 0.4) is 0 Å². The van der Waals surface area contributed by atoms with Crippen LogP contribution in [0, 0.1) is 5.92 Å². The summed E-state index contributed by atoms with van der Waals surface area (Å²) in [6, 6.07) is 14.6. The summed E-state index contributed by atoms with van der Waals surface area (Å²) < 4.78 is 3.30. The third-order valence-electron chi connectivity index (χ3n) is 4.77. The number of carboxylic acid groups (broad SMARTS) is 1. The fourth-order valence-corrected chi connectivity index (χ4v) is 3.41. The number of nitrogens with zero attached hydrogens (tertiary/aromatic N) is 3. The second-order valence-corrected chi connectivity index (χ2v) is 7.66. The summed E-state index contributed by atoms with van der Waals surface area (Å²) in [5.74, 6) is 0.204. The van der Waals surface area contributed by atoms with E-state index in [4.69, 9.17) is 0 Å². The molecule has 6 heteroatoms. The maximum Gasteiger partial charge on any atom is 0.346 e. The molecule has 3 aromatic rings. The monoisotopic (exact) mass is 393 g/mol. The lowest BCUT2D eigenvalue weighted by molar-refractivity contribution is 0.0697. The Bertz CT molecular complexity index is 1050. The summed E-state index contributed by atoms with van der Waals surface area (Å²) in [7, 11) is 0. The minimum atomic E-state index is -0.946. The van der Waals surface area contributed by atoms with Crippen molar-refractivity contribution in [3.05, 3.63) is 76.0 Å². The van der Waals surface area contributed by atoms with E-state index >= 15 is 0 Å². The smallest absolute Gasteiger partial charge is 0.346 e. The predicted molar refractivity (Wildman–Crippen MR) is 113 cm³/mol. The van der Waals surface area contributed by atoms with Crippen molar-refractivity contribution in [3.8, 4) is 11.1 Å². The fraction of sp³-hybridized carbons (Fsp3) is 0.348. The molecule has 0 fully saturated rings. The number of hydrogen-bond acceptors (Lipinski definition) is 3. The molecule has 6 nitrogen and oxygen atoms in total. The number of aryl methyl sites for hydroxylation is 1. The summed E-state index contributed by atoms with van der Waals surface area (Å²) in [5, 5.41) is 13.9. The van der Waals surface area contributed by atoms with Gasteiger partial charge in [-0.2, -0.15) is 5.10 Å². The van der Waals surface area contributed by atoms with E-state index in [1.54, 1.807) is 27.4 Å². The van der Waals surface area contributed by atoms with Gasteiger partial charge >= 0.3 is 11.7 Å². The number of aromatic nitrogens is 3. The predicted octanol–water partition coefficient (Wildman–Crippen LogP) is 4.07. The highest BCUT2D eigenvalue weighted by Gasteiger charge is 2.15. The average Bonchev–Trinajstić information content (AvgIpc) is 2.97. The molecule has 0 amide bonds. The first-order valence-corrected chi connectivity index (χ1v) is 9.98. The highest BCUT2D eigenvalue weighted by atomic mass is 16.4. The maximum atomic E-state index is 12.8. The third kappa shape index (κ3) is 4.65. The van der Waals surface area contributed by atoms with Crippen LogP contribution < -0.4 is 5.69 Å². The van der Waals surface area contributed by atoms with Crippen LogP contribution in [-0.4, -0.2) is 25.4 Å². The Morgan fingerprint density at radius 2 is 1.79 bits per heavy atom. The molecule has 0 aliphatic carbocycles. The first-order valence-electron chi connectivity index (χ1n) is 9.98. The average molecular weight is 393 g/mol. The van der Waals surface area contributed by atoms with Gasteiger partial charge in [-0.05, 0) is 35.1 Å². The van der Waals surface area contributed by atoms with Gasteiger partial charge in [0.1, 0.15) is 5.82 Å². The van der Waals surface area contributed by atoms with E-state index in [1.165, 1.54) is 0 Å². The van der Waals surface area contributed by atoms with E-state index in [9.17, 15) is 14.7 Å². The molecule has 0 radical (unpaired) electrons. The maximum absolute atomic E-state index is 12.8. The summed E-state index contributed by atoms with van der Waals surface area (Å²) >= 11 is 0. The zero-order valence-corrected chi connectivity index (χ0v) is 17.1. The van der Waals surface area contributed by atoms with Crippen LogP contribution in [0.5, 0.6) is 0 Å². The summed E-state index contributed by atoms with van der Waals surface area (Å²) in [6.45, 7) is 7.27. The highest BCUT2D eigenvalue weighted by molar-refractivity contribution is 5.95. The van der Waals surface area contributed by atoms with Crippen molar-refractivity contribution in [2.75, 3.05) is 0 Å². The Balaban J connectivity index is 1.90. The molecule has 0 aliphatic rings. The van der Waals surface area contributed by atoms with Crippen LogP contribution in [0.4, 0.5) is 0 Å². The van der Waals surface area contributed by atoms with Crippen molar-refractivity contribution in [1.82, 2.24) is 14.3 Å². The number of hydrogen-bond donors (Lipinski definition) is 1. The zero-order valence-electron chi connectivity index (χ0n) is 17.1. The molecule has 152 valence electrons. The minimum Gasteiger partial charge on any atom is -0.478 e. The van der Waals surface area contributed by atoms with Crippen molar-refractivity contribution >= 4 is 5.97 Å². The summed E-state index contributed by atoms with van der Waals surface area (Å²) in [5.41, 5.74) is 2.69. The lowest BCUT2D eigenvalue weighted by Gasteiger charge is -2.09. The normalized spacial score (nSPS) is 11.2. The highest BCUT2D eigenvalue weighted by Crippen LogP contribution is 2.24. The Morgan fingerprint density at radius 3 is 2.41 bits per heavy atom. The molecule has 0 atom stereocenters. The van der Waals surface area contributed by atoms with Gasteiger partial charge in [0.05, 0.1) is 12.1 Å². The van der Waals surface area contributed by atoms with Gasteiger partial charge < -0.3 is 5.11 Å². The van der Waals surface area contributed by atoms with Crippen LogP contribution in [-0.2, 0) is 19.5 Å². The minimum absolute atomic E-state index is 0.0811. The summed E-state index contributed by atoms with van der Waals surface area (Å²) in [4.78, 5) is 24.3. The van der Waals surface area contributed by atoms with Gasteiger partial charge in [0.2, 0.25) is 0 Å². The molecule has 0 unspecified atom stereocenters. The number of benzene rings is 2. The van der Waals surface area contributed by atoms with Gasteiger partial charge in [0, 0.05) is 13.0 Å². The van der Waals surface area contributed by atoms with Gasteiger partial charge in [-0.1, -0.05) is 63.2 Å². The molecule has 0 spiro atoms. The number of carboxylic acids is 1. The van der Waals surface area contributed by atoms with Crippen LogP contribution in [0.2, 0.25) is 0 Å². The van der Waals surface area contributed by atoms with E-state index in [-0.39, 0.29) is 11.3 Å². The van der Waals surface area contributed by atoms with E-state index in [0.29, 0.717) is 24.6 Å². The SMILES string of the molecule is CCCc1nn(CC(C)C)c(=O)n1Cc1ccc(-c2ccccc2C(=O)O)cc1. The molecule has 0 saturated carbocycles. The van der Waals surface area contributed by atoms with Gasteiger partial charge in [0.15, 0.2) is 0 Å². The van der Waals surface area contributed by atoms with Crippen molar-refractivity contribution in [3.63, 3.8) is 0 Å². The second kappa shape index (κ2) is 8.90. The molecule has 29 heavy (non-hydrogen) atoms. The summed E-state index contributed by atoms with van der Waals surface area (Å²) in [6.07, 6.45) is 1.67. The molecule has 1 N–H and O–H groups in total. The zero-order chi connectivity index (χ0) is 21.0. The Kier molecular flexibility index (Phi) is 6.32. The van der Waals surface area contributed by atoms with Crippen LogP contribution in [0.1, 0.15) is 48.9 Å². The number of aromatic carboxylic acids is 1. The molecule has 2 aromatic carbocycles. The molecule has 0 aliphatic heterocycles. The van der Waals surface area contributed by atoms with Crippen molar-refractivity contribution < 1.29 is 9.90 Å². The third-order valence-corrected chi connectivity index (χ3v) is 4.77. The number of rotatable bonds is 8. The lowest BCUT2D eigenvalue weighted by atomic mass is 9.99. The van der Waals surface area contributed by atoms with Gasteiger partial charge in [-0.25, -0.2) is 14.3 Å². The van der Waals surface area contributed by atoms with E-state index in [1.807, 2.05) is 30.3 Å². The van der Waals surface area contributed by atoms with Crippen LogP contribution >= 0.6 is 0 Å². The molecular formula is C23H27N3O3. The van der Waals surface area contributed by atoms with Gasteiger partial charge in [-0.15, -0.1) is 0 Å². The van der Waals surface area contributed by atoms with Crippen LogP contribution in [0.25, 0.3) is 11.1 Å². The second-order valence-electron chi connectivity index (χ2n) is 7.66. The molecule has 1 heterocycles. The first-order chi connectivity index (χ1) is 13.9. The van der Waals surface area contributed by atoms with Crippen molar-refractivity contribution in [2.24, 2.45) is 5.92 Å². The number of carbonyl (C=O) groups is 1. The van der Waals surface area contributed by atoms with Crippen LogP contribution in [0.15, 0.2) is 53.3 Å². The largest absolute Gasteiger partial charge is 0.478 e. The molecule has 0 bridgehead atoms. The molecule has 3 rings (SSSR count). The molecule has 0 saturated heterocycles. The molecule has 1 aromatic heterocycles. The van der Waals surface area contributed by atoms with E-state index < -0.39 is 5.97 Å². The Morgan fingerprint density at radius 1 is 1.10 bits per heavy atom. The van der Waals surface area contributed by atoms with Gasteiger partial charge in [0.25, 0.3) is 0 Å². The topological polar surface area (TPSA) is 77.1 Å². The van der Waals surface area contributed by atoms with E-state index in [2.05, 4.69) is 25.9 Å². The quantitative estimate of drug-likeness (QED) is 0.626. The van der Waals surface area contributed by atoms with Crippen molar-refractivity contribution in [2.45, 2.75) is 46.7 Å². The standard InChI is InChI=1S/C23H27N3O3/c1-4-7-21-24-26(14-16(2)3)23(29)25(21)15-17-10-12-18(13-11-17)19-8-5-6-9-20(19)22(27)28/h5-6,8-13,16H,4,7,14-15H2,1-3H3,(H,27,28). The van der Waals surface area contributed by atoms with Gasteiger partial charge in [-0.3, -0.25) is 4.57 Å². The van der Waals surface area contributed by atoms with E-state index in [0.717, 1.165) is 29.8 Å². The Hall–Kier alpha value is -3.15. The molecular weight excluding hydrogens is 366 g/mol. The first kappa shape index (κ1) is 20.6.